The molecule has 0 heterocycles. The molecule has 1 rings (SSSR count). The lowest BCUT2D eigenvalue weighted by Crippen LogP contribution is -2.19. The zero-order valence-electron chi connectivity index (χ0n) is 7.90. The minimum absolute atomic E-state index is 0.0424. The Labute approximate surface area is 96.9 Å². The van der Waals surface area contributed by atoms with Gasteiger partial charge < -0.3 is 10.0 Å². The first-order valence-electron chi connectivity index (χ1n) is 4.32. The van der Waals surface area contributed by atoms with E-state index in [1.807, 2.05) is 13.0 Å². The molecule has 76 valence electrons. The molecule has 0 spiro atoms. The average molecular weight is 305 g/mol. The first-order chi connectivity index (χ1) is 6.72. The summed E-state index contributed by atoms with van der Waals surface area (Å²) in [6, 6.07) is 5.09. The molecule has 0 saturated heterocycles. The van der Waals surface area contributed by atoms with Crippen molar-refractivity contribution in [1.82, 2.24) is 0 Å². The van der Waals surface area contributed by atoms with Gasteiger partial charge in [-0.2, -0.15) is 0 Å². The Morgan fingerprint density at radius 2 is 2.29 bits per heavy atom. The number of phenols is 1. The highest BCUT2D eigenvalue weighted by atomic mass is 127. The first kappa shape index (κ1) is 11.3. The van der Waals surface area contributed by atoms with Gasteiger partial charge in [-0.3, -0.25) is 4.79 Å². The van der Waals surface area contributed by atoms with Crippen molar-refractivity contribution < 1.29 is 9.90 Å². The molecule has 0 bridgehead atoms. The number of benzene rings is 1. The fourth-order valence-corrected chi connectivity index (χ4v) is 2.04. The number of aromatic hydroxyl groups is 1. The molecule has 0 unspecified atom stereocenters. The van der Waals surface area contributed by atoms with Crippen LogP contribution in [0.4, 0.5) is 5.69 Å². The zero-order valence-corrected chi connectivity index (χ0v) is 10.1. The van der Waals surface area contributed by atoms with Crippen molar-refractivity contribution in [3.8, 4) is 5.75 Å². The number of phenolic OH excluding ortho intramolecular Hbond substituents is 1. The van der Waals surface area contributed by atoms with Gasteiger partial charge in [0.05, 0.1) is 10.1 Å². The maximum atomic E-state index is 10.5. The topological polar surface area (TPSA) is 40.5 Å². The normalized spacial score (nSPS) is 9.86. The van der Waals surface area contributed by atoms with Crippen LogP contribution in [0.5, 0.6) is 5.75 Å². The molecule has 14 heavy (non-hydrogen) atoms. The Morgan fingerprint density at radius 3 is 2.71 bits per heavy atom. The number of nitrogens with zero attached hydrogens (tertiary/aromatic N) is 1. The number of carbonyl (C=O) groups excluding carboxylic acids is 1. The molecule has 0 amide bonds. The van der Waals surface area contributed by atoms with Crippen LogP contribution in [0, 0.1) is 0 Å². The smallest absolute Gasteiger partial charge is 0.153 e. The van der Waals surface area contributed by atoms with Gasteiger partial charge in [0.25, 0.3) is 0 Å². The summed E-state index contributed by atoms with van der Waals surface area (Å²) in [5.41, 5.74) is 1.27. The summed E-state index contributed by atoms with van der Waals surface area (Å²) in [5, 5.41) is 9.47. The lowest BCUT2D eigenvalue weighted by molar-refractivity contribution is 0.112. The van der Waals surface area contributed by atoms with Crippen LogP contribution < -0.4 is 4.90 Å². The van der Waals surface area contributed by atoms with Gasteiger partial charge in [0.2, 0.25) is 0 Å². The highest BCUT2D eigenvalue weighted by molar-refractivity contribution is 14.1. The zero-order chi connectivity index (χ0) is 10.6. The Kier molecular flexibility index (Phi) is 4.19. The number of anilines is 1. The number of hydrogen-bond acceptors (Lipinski definition) is 3. The predicted octanol–water partition coefficient (Wildman–Crippen LogP) is 2.42. The fraction of sp³-hybridized carbons (Fsp3) is 0.300. The van der Waals surface area contributed by atoms with Crippen molar-refractivity contribution in [2.24, 2.45) is 0 Å². The molecular formula is C10H12INO2. The average Bonchev–Trinajstić information content (AvgIpc) is 2.20. The maximum absolute atomic E-state index is 10.5. The molecule has 3 nitrogen and oxygen atoms in total. The van der Waals surface area contributed by atoms with E-state index in [1.54, 1.807) is 12.1 Å². The Balaban J connectivity index is 3.00. The monoisotopic (exact) mass is 305 g/mol. The lowest BCUT2D eigenvalue weighted by atomic mass is 10.2. The van der Waals surface area contributed by atoms with E-state index in [2.05, 4.69) is 27.5 Å². The van der Waals surface area contributed by atoms with Crippen molar-refractivity contribution in [2.45, 2.75) is 6.92 Å². The lowest BCUT2D eigenvalue weighted by Gasteiger charge is -2.20. The third-order valence-electron chi connectivity index (χ3n) is 2.03. The van der Waals surface area contributed by atoms with Crippen LogP contribution in [0.15, 0.2) is 18.2 Å². The van der Waals surface area contributed by atoms with Gasteiger partial charge in [-0.25, -0.2) is 0 Å². The number of alkyl halides is 1. The third kappa shape index (κ3) is 2.37. The van der Waals surface area contributed by atoms with Crippen LogP contribution in [0.2, 0.25) is 0 Å². The summed E-state index contributed by atoms with van der Waals surface area (Å²) in [5.74, 6) is 0.0424. The van der Waals surface area contributed by atoms with Crippen LogP contribution >= 0.6 is 22.6 Å². The molecule has 0 atom stereocenters. The third-order valence-corrected chi connectivity index (χ3v) is 2.86. The first-order valence-corrected chi connectivity index (χ1v) is 5.84. The fourth-order valence-electron chi connectivity index (χ4n) is 1.16. The number of rotatable bonds is 4. The highest BCUT2D eigenvalue weighted by Crippen LogP contribution is 2.23. The van der Waals surface area contributed by atoms with E-state index < -0.39 is 0 Å². The van der Waals surface area contributed by atoms with Gasteiger partial charge in [-0.15, -0.1) is 0 Å². The van der Waals surface area contributed by atoms with Crippen molar-refractivity contribution in [2.75, 3.05) is 16.0 Å². The summed E-state index contributed by atoms with van der Waals surface area (Å²) in [7, 11) is 0. The minimum atomic E-state index is 0.0424. The van der Waals surface area contributed by atoms with Crippen LogP contribution in [-0.4, -0.2) is 22.5 Å². The van der Waals surface area contributed by atoms with Crippen LogP contribution in [0.25, 0.3) is 0 Å². The molecular weight excluding hydrogens is 293 g/mol. The van der Waals surface area contributed by atoms with Crippen LogP contribution in [-0.2, 0) is 0 Å². The van der Waals surface area contributed by atoms with Crippen LogP contribution in [0.3, 0.4) is 0 Å². The molecule has 1 N–H and O–H groups in total. The largest absolute Gasteiger partial charge is 0.507 e. The number of hydrogen-bond donors (Lipinski definition) is 1. The van der Waals surface area contributed by atoms with Gasteiger partial charge in [-0.05, 0) is 19.1 Å². The molecule has 0 fully saturated rings. The quantitative estimate of drug-likeness (QED) is 0.402. The molecule has 0 aliphatic rings. The van der Waals surface area contributed by atoms with Crippen molar-refractivity contribution >= 4 is 34.6 Å². The van der Waals surface area contributed by atoms with E-state index in [4.69, 9.17) is 0 Å². The Bertz CT molecular complexity index is 324. The van der Waals surface area contributed by atoms with E-state index in [1.165, 1.54) is 0 Å². The van der Waals surface area contributed by atoms with Crippen LogP contribution in [0.1, 0.15) is 17.3 Å². The van der Waals surface area contributed by atoms with Crippen molar-refractivity contribution in [3.05, 3.63) is 23.8 Å². The van der Waals surface area contributed by atoms with Gasteiger partial charge in [-0.1, -0.05) is 22.6 Å². The summed E-state index contributed by atoms with van der Waals surface area (Å²) < 4.78 is 0.855. The number of carbonyl (C=O) groups is 1. The number of halogens is 1. The second-order valence-corrected chi connectivity index (χ2v) is 3.52. The van der Waals surface area contributed by atoms with E-state index in [0.717, 1.165) is 16.8 Å². The van der Waals surface area contributed by atoms with E-state index >= 15 is 0 Å². The second-order valence-electron chi connectivity index (χ2n) is 2.84. The van der Waals surface area contributed by atoms with E-state index in [0.29, 0.717) is 11.8 Å². The molecule has 0 aromatic heterocycles. The SMILES string of the molecule is CCN(CI)c1ccc(C=O)c(O)c1. The van der Waals surface area contributed by atoms with Gasteiger partial charge in [0, 0.05) is 18.3 Å². The molecule has 1 aromatic carbocycles. The molecule has 0 saturated carbocycles. The maximum Gasteiger partial charge on any atom is 0.153 e. The van der Waals surface area contributed by atoms with Gasteiger partial charge in [0.15, 0.2) is 6.29 Å². The predicted molar refractivity (Wildman–Crippen MR) is 65.4 cm³/mol. The minimum Gasteiger partial charge on any atom is -0.507 e. The molecule has 4 heteroatoms. The molecule has 1 aromatic rings. The Hall–Kier alpha value is -0.780. The molecule has 0 radical (unpaired) electrons. The molecule has 0 aliphatic heterocycles. The number of aldehydes is 1. The Morgan fingerprint density at radius 1 is 1.57 bits per heavy atom. The van der Waals surface area contributed by atoms with Gasteiger partial charge in [0.1, 0.15) is 5.75 Å². The second kappa shape index (κ2) is 5.19. The molecule has 0 aliphatic carbocycles. The van der Waals surface area contributed by atoms with E-state index in [9.17, 15) is 9.90 Å². The standard InChI is InChI=1S/C10H12INO2/c1-2-12(7-11)9-4-3-8(6-13)10(14)5-9/h3-6,14H,2,7H2,1H3. The summed E-state index contributed by atoms with van der Waals surface area (Å²) >= 11 is 2.26. The van der Waals surface area contributed by atoms with Gasteiger partial charge >= 0.3 is 0 Å². The summed E-state index contributed by atoms with van der Waals surface area (Å²) in [4.78, 5) is 12.6. The summed E-state index contributed by atoms with van der Waals surface area (Å²) in [6.45, 7) is 2.92. The van der Waals surface area contributed by atoms with Crippen molar-refractivity contribution in [1.29, 1.82) is 0 Å². The summed E-state index contributed by atoms with van der Waals surface area (Å²) in [6.07, 6.45) is 0.652. The van der Waals surface area contributed by atoms with Crippen molar-refractivity contribution in [3.63, 3.8) is 0 Å². The highest BCUT2D eigenvalue weighted by Gasteiger charge is 2.05. The van der Waals surface area contributed by atoms with E-state index in [-0.39, 0.29) is 5.75 Å².